The first-order valence-corrected chi connectivity index (χ1v) is 14.2. The van der Waals surface area contributed by atoms with Crippen LogP contribution in [0, 0.1) is 17.0 Å². The molecule has 0 radical (unpaired) electrons. The maximum Gasteiger partial charge on any atom is 0.201 e. The van der Waals surface area contributed by atoms with Crippen LogP contribution in [0.5, 0.6) is 0 Å². The molecule has 1 unspecified atom stereocenters. The fourth-order valence-corrected chi connectivity index (χ4v) is 6.91. The largest absolute Gasteiger partial charge is 0.268 e. The Morgan fingerprint density at radius 1 is 1.14 bits per heavy atom. The number of nitrogens with one attached hydrogen (secondary N) is 1. The minimum atomic E-state index is -2.29. The van der Waals surface area contributed by atoms with Gasteiger partial charge in [-0.15, -0.1) is 5.10 Å². The molecular formula is C26H25F2N7OS. The summed E-state index contributed by atoms with van der Waals surface area (Å²) in [5, 5.41) is 15.9. The molecule has 4 aromatic rings. The number of halogens is 2. The number of hydrogen-bond acceptors (Lipinski definition) is 7. The van der Waals surface area contributed by atoms with Crippen LogP contribution in [0.1, 0.15) is 55.4 Å². The average molecular weight is 522 g/mol. The number of benzene rings is 1. The zero-order valence-corrected chi connectivity index (χ0v) is 21.4. The monoisotopic (exact) mass is 521 g/mol. The highest BCUT2D eigenvalue weighted by molar-refractivity contribution is 7.98. The number of H-pyrrole nitrogens is 1. The molecule has 0 amide bonds. The lowest BCUT2D eigenvalue weighted by Gasteiger charge is -2.37. The Bertz CT molecular complexity index is 1650. The van der Waals surface area contributed by atoms with E-state index in [2.05, 4.69) is 50.1 Å². The quantitative estimate of drug-likeness (QED) is 0.395. The van der Waals surface area contributed by atoms with Gasteiger partial charge >= 0.3 is 0 Å². The summed E-state index contributed by atoms with van der Waals surface area (Å²) < 4.78 is 41.1. The lowest BCUT2D eigenvalue weighted by Crippen LogP contribution is -2.38. The van der Waals surface area contributed by atoms with Gasteiger partial charge in [0.2, 0.25) is 5.82 Å². The Labute approximate surface area is 213 Å². The summed E-state index contributed by atoms with van der Waals surface area (Å²) in [6.45, 7) is 4.34. The van der Waals surface area contributed by atoms with Gasteiger partial charge in [0.25, 0.3) is 0 Å². The molecule has 0 spiro atoms. The Hall–Kier alpha value is -3.60. The molecule has 3 heterocycles. The van der Waals surface area contributed by atoms with Crippen molar-refractivity contribution < 1.29 is 13.0 Å². The number of aromatic amines is 1. The molecule has 2 aliphatic rings. The van der Waals surface area contributed by atoms with Gasteiger partial charge in [-0.1, -0.05) is 19.9 Å². The van der Waals surface area contributed by atoms with Crippen LogP contribution in [0.4, 0.5) is 8.78 Å². The molecule has 0 saturated heterocycles. The molecule has 6 rings (SSSR count). The van der Waals surface area contributed by atoms with Crippen LogP contribution in [-0.2, 0) is 20.7 Å². The van der Waals surface area contributed by atoms with Gasteiger partial charge in [-0.2, -0.15) is 10.2 Å². The van der Waals surface area contributed by atoms with E-state index in [-0.39, 0.29) is 28.3 Å². The summed E-state index contributed by atoms with van der Waals surface area (Å²) in [7, 11) is -2.29. The minimum absolute atomic E-state index is 0.113. The Morgan fingerprint density at radius 3 is 2.62 bits per heavy atom. The molecule has 1 saturated carbocycles. The van der Waals surface area contributed by atoms with Crippen molar-refractivity contribution in [3.63, 3.8) is 0 Å². The summed E-state index contributed by atoms with van der Waals surface area (Å²) in [6, 6.07) is 5.54. The standard InChI is InChI=1S/C26H25F2N7OS/c1-25(2)15-8-9-26(25,23-14(15)10-18(32-34-23)22-16(27)6-5-7-17(22)28)20-12-29-11-19(30-20)24-31-21(33-35-24)13-37(3,4)36/h5-7,10-12,15H,3,8-9,13H2,1-2,4H3,(H,31,33,35)/t15-,26-,37?/m0/s1. The highest BCUT2D eigenvalue weighted by Gasteiger charge is 2.65. The van der Waals surface area contributed by atoms with Crippen LogP contribution in [0.15, 0.2) is 36.7 Å². The zero-order valence-electron chi connectivity index (χ0n) is 20.6. The fraction of sp³-hybridized carbons (Fsp3) is 0.346. The van der Waals surface area contributed by atoms with Crippen LogP contribution < -0.4 is 0 Å². The number of aromatic nitrogens is 7. The highest BCUT2D eigenvalue weighted by atomic mass is 32.2. The molecule has 11 heteroatoms. The van der Waals surface area contributed by atoms with Crippen molar-refractivity contribution in [2.75, 3.05) is 6.26 Å². The van der Waals surface area contributed by atoms with Crippen molar-refractivity contribution >= 4 is 15.4 Å². The normalized spacial score (nSPS) is 23.1. The lowest BCUT2D eigenvalue weighted by molar-refractivity contribution is 0.242. The van der Waals surface area contributed by atoms with E-state index in [1.54, 1.807) is 24.7 Å². The molecule has 1 N–H and O–H groups in total. The van der Waals surface area contributed by atoms with E-state index in [1.807, 2.05) is 0 Å². The molecule has 2 aliphatic carbocycles. The van der Waals surface area contributed by atoms with Gasteiger partial charge in [0.1, 0.15) is 23.2 Å². The van der Waals surface area contributed by atoms with Crippen molar-refractivity contribution in [1.82, 2.24) is 35.3 Å². The molecule has 8 nitrogen and oxygen atoms in total. The third-order valence-electron chi connectivity index (χ3n) is 7.88. The second kappa shape index (κ2) is 7.95. The van der Waals surface area contributed by atoms with Crippen molar-refractivity contribution in [3.8, 4) is 22.8 Å². The number of rotatable bonds is 5. The molecule has 1 fully saturated rings. The molecule has 0 aliphatic heterocycles. The summed E-state index contributed by atoms with van der Waals surface area (Å²) in [5.41, 5.74) is 2.02. The summed E-state index contributed by atoms with van der Waals surface area (Å²) in [6.07, 6.45) is 6.55. The zero-order chi connectivity index (χ0) is 26.2. The van der Waals surface area contributed by atoms with E-state index >= 15 is 0 Å². The predicted octanol–water partition coefficient (Wildman–Crippen LogP) is 4.05. The van der Waals surface area contributed by atoms with Crippen molar-refractivity contribution in [2.45, 2.75) is 43.8 Å². The number of nitrogens with zero attached hydrogens (tertiary/aromatic N) is 6. The summed E-state index contributed by atoms with van der Waals surface area (Å²) in [5.74, 6) is 3.44. The molecular weight excluding hydrogens is 496 g/mol. The van der Waals surface area contributed by atoms with Crippen LogP contribution in [0.25, 0.3) is 22.8 Å². The second-order valence-corrected chi connectivity index (χ2v) is 13.2. The van der Waals surface area contributed by atoms with E-state index in [0.717, 1.165) is 29.8 Å². The van der Waals surface area contributed by atoms with E-state index in [1.165, 1.54) is 18.2 Å². The smallest absolute Gasteiger partial charge is 0.201 e. The topological polar surface area (TPSA) is 110 Å². The third-order valence-corrected chi connectivity index (χ3v) is 8.76. The molecule has 190 valence electrons. The van der Waals surface area contributed by atoms with Gasteiger partial charge in [0.15, 0.2) is 0 Å². The van der Waals surface area contributed by atoms with Crippen LogP contribution >= 0.6 is 0 Å². The summed E-state index contributed by atoms with van der Waals surface area (Å²) >= 11 is 0. The Kier molecular flexibility index (Phi) is 5.11. The SMILES string of the molecule is C=S(C)(=O)Cc1nc(-c2cncc([C@@]34CC[C@@H](c5cc(-c6c(F)cccc6F)nnc53)C4(C)C)n2)n[nH]1. The Morgan fingerprint density at radius 2 is 1.89 bits per heavy atom. The van der Waals surface area contributed by atoms with E-state index in [9.17, 15) is 13.0 Å². The van der Waals surface area contributed by atoms with Gasteiger partial charge < -0.3 is 0 Å². The molecule has 2 bridgehead atoms. The molecule has 3 aromatic heterocycles. The van der Waals surface area contributed by atoms with Gasteiger partial charge in [0.05, 0.1) is 40.0 Å². The van der Waals surface area contributed by atoms with Crippen LogP contribution in [0.2, 0.25) is 0 Å². The van der Waals surface area contributed by atoms with E-state index < -0.39 is 26.6 Å². The fourth-order valence-electron chi connectivity index (χ4n) is 6.20. The second-order valence-electron chi connectivity index (χ2n) is 10.6. The van der Waals surface area contributed by atoms with Gasteiger partial charge in [-0.3, -0.25) is 14.3 Å². The highest BCUT2D eigenvalue weighted by Crippen LogP contribution is 2.69. The maximum absolute atomic E-state index is 14.5. The van der Waals surface area contributed by atoms with Gasteiger partial charge in [-0.25, -0.2) is 18.7 Å². The number of hydrogen-bond donors (Lipinski definition) is 1. The third kappa shape index (κ3) is 3.51. The van der Waals surface area contributed by atoms with Gasteiger partial charge in [-0.05, 0) is 63.3 Å². The van der Waals surface area contributed by atoms with E-state index in [0.29, 0.717) is 17.3 Å². The lowest BCUT2D eigenvalue weighted by atomic mass is 9.66. The maximum atomic E-state index is 14.5. The molecule has 3 atom stereocenters. The summed E-state index contributed by atoms with van der Waals surface area (Å²) in [4.78, 5) is 13.8. The first-order valence-electron chi connectivity index (χ1n) is 11.9. The Balaban J connectivity index is 1.45. The molecule has 1 aromatic carbocycles. The first-order chi connectivity index (χ1) is 17.5. The first kappa shape index (κ1) is 23.8. The van der Waals surface area contributed by atoms with Crippen LogP contribution in [-0.4, -0.2) is 51.7 Å². The number of fused-ring (bicyclic) bond motifs is 5. The van der Waals surface area contributed by atoms with Crippen molar-refractivity contribution in [3.05, 3.63) is 71.1 Å². The van der Waals surface area contributed by atoms with Crippen LogP contribution in [0.3, 0.4) is 0 Å². The average Bonchev–Trinajstić information content (AvgIpc) is 3.45. The predicted molar refractivity (Wildman–Crippen MR) is 136 cm³/mol. The van der Waals surface area contributed by atoms with Crippen molar-refractivity contribution in [1.29, 1.82) is 0 Å². The van der Waals surface area contributed by atoms with Crippen molar-refractivity contribution in [2.24, 2.45) is 5.41 Å². The van der Waals surface area contributed by atoms with E-state index in [4.69, 9.17) is 4.98 Å². The molecule has 37 heavy (non-hydrogen) atoms. The minimum Gasteiger partial charge on any atom is -0.268 e. The van der Waals surface area contributed by atoms with Gasteiger partial charge in [0, 0.05) is 12.5 Å².